The Labute approximate surface area is 134 Å². The Bertz CT molecular complexity index is 444. The van der Waals surface area contributed by atoms with Crippen LogP contribution in [0.2, 0.25) is 0 Å². The minimum Gasteiger partial charge on any atom is -0.347 e. The van der Waals surface area contributed by atoms with Crippen molar-refractivity contribution in [1.29, 1.82) is 0 Å². The number of nitrogens with one attached hydrogen (secondary N) is 2. The van der Waals surface area contributed by atoms with Crippen LogP contribution in [-0.2, 0) is 4.79 Å². The molecule has 0 aromatic rings. The Balaban J connectivity index is 1.79. The minimum absolute atomic E-state index is 0.202. The molecule has 1 saturated carbocycles. The first-order chi connectivity index (χ1) is 10.8. The molecule has 0 unspecified atom stereocenters. The van der Waals surface area contributed by atoms with Crippen LogP contribution in [0.1, 0.15) is 38.5 Å². The van der Waals surface area contributed by atoms with Crippen molar-refractivity contribution in [1.82, 2.24) is 15.5 Å². The lowest BCUT2D eigenvalue weighted by Crippen LogP contribution is -2.46. The maximum absolute atomic E-state index is 12.1. The van der Waals surface area contributed by atoms with Gasteiger partial charge in [-0.15, -0.1) is 0 Å². The van der Waals surface area contributed by atoms with E-state index in [9.17, 15) is 18.0 Å². The van der Waals surface area contributed by atoms with Gasteiger partial charge in [-0.05, 0) is 24.7 Å². The summed E-state index contributed by atoms with van der Waals surface area (Å²) in [6.45, 7) is 0.284. The van der Waals surface area contributed by atoms with Crippen molar-refractivity contribution >= 4 is 11.9 Å². The van der Waals surface area contributed by atoms with Gasteiger partial charge in [-0.2, -0.15) is 13.2 Å². The van der Waals surface area contributed by atoms with Gasteiger partial charge in [0.2, 0.25) is 5.91 Å². The Morgan fingerprint density at radius 2 is 1.87 bits per heavy atom. The third kappa shape index (κ3) is 5.28. The van der Waals surface area contributed by atoms with Crippen molar-refractivity contribution in [3.63, 3.8) is 0 Å². The van der Waals surface area contributed by atoms with Crippen LogP contribution in [0.15, 0.2) is 4.99 Å². The second-order valence-corrected chi connectivity index (χ2v) is 6.52. The highest BCUT2D eigenvalue weighted by Crippen LogP contribution is 2.43. The van der Waals surface area contributed by atoms with Crippen LogP contribution in [0.5, 0.6) is 0 Å². The third-order valence-corrected chi connectivity index (χ3v) is 4.76. The molecule has 0 radical (unpaired) electrons. The molecule has 2 aliphatic rings. The quantitative estimate of drug-likeness (QED) is 0.612. The number of carbonyl (C=O) groups excluding carboxylic acids is 1. The van der Waals surface area contributed by atoms with Gasteiger partial charge in [0.1, 0.15) is 6.54 Å². The zero-order valence-corrected chi connectivity index (χ0v) is 13.5. The fourth-order valence-corrected chi connectivity index (χ4v) is 3.58. The molecule has 2 N–H and O–H groups in total. The van der Waals surface area contributed by atoms with Crippen LogP contribution in [0.4, 0.5) is 13.2 Å². The molecule has 2 rings (SSSR count). The van der Waals surface area contributed by atoms with E-state index in [2.05, 4.69) is 15.2 Å². The van der Waals surface area contributed by atoms with Crippen LogP contribution >= 0.6 is 0 Å². The number of likely N-dealkylation sites (tertiary alicyclic amines) is 1. The van der Waals surface area contributed by atoms with E-state index in [1.165, 1.54) is 32.1 Å². The molecule has 23 heavy (non-hydrogen) atoms. The van der Waals surface area contributed by atoms with Crippen LogP contribution in [-0.4, -0.2) is 56.2 Å². The van der Waals surface area contributed by atoms with Gasteiger partial charge in [0.25, 0.3) is 0 Å². The van der Waals surface area contributed by atoms with Gasteiger partial charge < -0.3 is 15.5 Å². The van der Waals surface area contributed by atoms with E-state index in [0.717, 1.165) is 19.5 Å². The second-order valence-electron chi connectivity index (χ2n) is 6.52. The predicted molar refractivity (Wildman–Crippen MR) is 82.1 cm³/mol. The molecule has 1 spiro atoms. The molecule has 1 saturated heterocycles. The third-order valence-electron chi connectivity index (χ3n) is 4.76. The Morgan fingerprint density at radius 3 is 2.48 bits per heavy atom. The van der Waals surface area contributed by atoms with E-state index in [4.69, 9.17) is 0 Å². The summed E-state index contributed by atoms with van der Waals surface area (Å²) >= 11 is 0. The van der Waals surface area contributed by atoms with Crippen molar-refractivity contribution in [3.05, 3.63) is 0 Å². The molecule has 1 amide bonds. The Hall–Kier alpha value is -1.47. The first kappa shape index (κ1) is 17.9. The lowest BCUT2D eigenvalue weighted by molar-refractivity contribution is -0.137. The summed E-state index contributed by atoms with van der Waals surface area (Å²) in [5.41, 5.74) is 0.356. The Kier molecular flexibility index (Phi) is 5.75. The van der Waals surface area contributed by atoms with Crippen molar-refractivity contribution < 1.29 is 18.0 Å². The van der Waals surface area contributed by atoms with Gasteiger partial charge in [0, 0.05) is 20.1 Å². The van der Waals surface area contributed by atoms with E-state index in [1.54, 1.807) is 7.05 Å². The molecule has 132 valence electrons. The number of rotatable bonds is 3. The number of aliphatic imine (C=N–C) groups is 1. The summed E-state index contributed by atoms with van der Waals surface area (Å²) in [5.74, 6) is -0.0929. The van der Waals surface area contributed by atoms with Crippen LogP contribution in [0, 0.1) is 5.41 Å². The topological polar surface area (TPSA) is 56.7 Å². The molecule has 0 bridgehead atoms. The molecule has 0 aromatic carbocycles. The van der Waals surface area contributed by atoms with E-state index in [0.29, 0.717) is 11.4 Å². The molecule has 5 nitrogen and oxygen atoms in total. The minimum atomic E-state index is -4.39. The molecular formula is C15H25F3N4O. The lowest BCUT2D eigenvalue weighted by Gasteiger charge is -2.33. The second kappa shape index (κ2) is 7.40. The predicted octanol–water partition coefficient (Wildman–Crippen LogP) is 1.90. The average Bonchev–Trinajstić information content (AvgIpc) is 2.89. The van der Waals surface area contributed by atoms with Gasteiger partial charge in [0.15, 0.2) is 5.96 Å². The van der Waals surface area contributed by atoms with Crippen molar-refractivity contribution in [2.45, 2.75) is 44.7 Å². The van der Waals surface area contributed by atoms with Crippen molar-refractivity contribution in [2.75, 3.05) is 33.2 Å². The number of amides is 1. The molecule has 0 aromatic heterocycles. The van der Waals surface area contributed by atoms with Gasteiger partial charge in [-0.1, -0.05) is 19.3 Å². The molecular weight excluding hydrogens is 309 g/mol. The normalized spacial score (nSPS) is 21.6. The van der Waals surface area contributed by atoms with Crippen LogP contribution in [0.25, 0.3) is 0 Å². The van der Waals surface area contributed by atoms with E-state index < -0.39 is 18.6 Å². The summed E-state index contributed by atoms with van der Waals surface area (Å²) in [4.78, 5) is 17.7. The van der Waals surface area contributed by atoms with E-state index in [-0.39, 0.29) is 6.54 Å². The van der Waals surface area contributed by atoms with Gasteiger partial charge >= 0.3 is 6.18 Å². The summed E-state index contributed by atoms with van der Waals surface area (Å²) in [6, 6.07) is 0. The number of guanidine groups is 1. The van der Waals surface area contributed by atoms with Crippen molar-refractivity contribution in [2.24, 2.45) is 10.4 Å². The molecule has 1 aliphatic heterocycles. The van der Waals surface area contributed by atoms with Crippen LogP contribution in [0.3, 0.4) is 0 Å². The zero-order valence-electron chi connectivity index (χ0n) is 13.5. The molecule has 1 heterocycles. The van der Waals surface area contributed by atoms with Crippen molar-refractivity contribution in [3.8, 4) is 0 Å². The molecule has 8 heteroatoms. The van der Waals surface area contributed by atoms with Gasteiger partial charge in [-0.25, -0.2) is 0 Å². The number of hydrogen-bond acceptors (Lipinski definition) is 2. The smallest absolute Gasteiger partial charge is 0.347 e. The zero-order chi connectivity index (χ0) is 16.9. The van der Waals surface area contributed by atoms with Crippen LogP contribution < -0.4 is 10.6 Å². The van der Waals surface area contributed by atoms with Gasteiger partial charge in [0.05, 0.1) is 6.54 Å². The summed E-state index contributed by atoms with van der Waals surface area (Å²) in [5, 5.41) is 4.72. The fourth-order valence-electron chi connectivity index (χ4n) is 3.58. The monoisotopic (exact) mass is 334 g/mol. The number of hydrogen-bond donors (Lipinski definition) is 2. The highest BCUT2D eigenvalue weighted by molar-refractivity contribution is 5.86. The molecule has 0 atom stereocenters. The highest BCUT2D eigenvalue weighted by Gasteiger charge is 2.39. The summed E-state index contributed by atoms with van der Waals surface area (Å²) < 4.78 is 36.2. The number of alkyl halides is 3. The summed E-state index contributed by atoms with van der Waals surface area (Å²) in [7, 11) is 1.63. The van der Waals surface area contributed by atoms with E-state index >= 15 is 0 Å². The standard InChI is InChI=1S/C15H25F3N4O/c1-19-13(20-9-12(23)21-10-15(16,17)18)22-8-7-14(11-22)5-3-2-4-6-14/h2-11H2,1H3,(H,19,20)(H,21,23). The maximum Gasteiger partial charge on any atom is 0.405 e. The number of halogens is 3. The largest absolute Gasteiger partial charge is 0.405 e. The summed E-state index contributed by atoms with van der Waals surface area (Å²) in [6.07, 6.45) is 3.01. The Morgan fingerprint density at radius 1 is 1.17 bits per heavy atom. The van der Waals surface area contributed by atoms with E-state index in [1.807, 2.05) is 5.32 Å². The molecule has 1 aliphatic carbocycles. The first-order valence-corrected chi connectivity index (χ1v) is 8.13. The average molecular weight is 334 g/mol. The lowest BCUT2D eigenvalue weighted by atomic mass is 9.73. The first-order valence-electron chi connectivity index (χ1n) is 8.13. The maximum atomic E-state index is 12.1. The number of nitrogens with zero attached hydrogens (tertiary/aromatic N) is 2. The fraction of sp³-hybridized carbons (Fsp3) is 0.867. The highest BCUT2D eigenvalue weighted by atomic mass is 19.4. The van der Waals surface area contributed by atoms with Gasteiger partial charge in [-0.3, -0.25) is 9.79 Å². The number of carbonyl (C=O) groups is 1. The molecule has 2 fully saturated rings. The SMILES string of the molecule is CN=C(NCC(=O)NCC(F)(F)F)N1CCC2(CCCCC2)C1.